The fourth-order valence-electron chi connectivity index (χ4n) is 3.31. The van der Waals surface area contributed by atoms with Crippen LogP contribution in [0.1, 0.15) is 6.23 Å². The molecule has 1 saturated heterocycles. The minimum absolute atomic E-state index is 0.0583. The van der Waals surface area contributed by atoms with Crippen LogP contribution in [0.5, 0.6) is 5.75 Å². The summed E-state index contributed by atoms with van der Waals surface area (Å²) < 4.78 is 11.7. The van der Waals surface area contributed by atoms with Gasteiger partial charge in [0.2, 0.25) is 0 Å². The van der Waals surface area contributed by atoms with Gasteiger partial charge in [0.15, 0.2) is 18.7 Å². The van der Waals surface area contributed by atoms with Crippen molar-refractivity contribution in [2.75, 3.05) is 18.7 Å². The van der Waals surface area contributed by atoms with Crippen LogP contribution in [-0.2, 0) is 14.4 Å². The second-order valence-electron chi connectivity index (χ2n) is 7.11. The fourth-order valence-corrected chi connectivity index (χ4v) is 3.31. The molecule has 0 unspecified atom stereocenters. The van der Waals surface area contributed by atoms with Gasteiger partial charge in [-0.1, -0.05) is 30.3 Å². The van der Waals surface area contributed by atoms with Crippen LogP contribution in [-0.4, -0.2) is 62.4 Å². The predicted octanol–water partition coefficient (Wildman–Crippen LogP) is -0.0429. The Kier molecular flexibility index (Phi) is 6.32. The second kappa shape index (κ2) is 9.32. The lowest BCUT2D eigenvalue weighted by molar-refractivity contribution is -0.143. The Morgan fingerprint density at radius 2 is 1.91 bits per heavy atom. The van der Waals surface area contributed by atoms with Crippen LogP contribution in [0.2, 0.25) is 0 Å². The van der Waals surface area contributed by atoms with E-state index in [0.29, 0.717) is 5.75 Å². The van der Waals surface area contributed by atoms with Crippen molar-refractivity contribution in [3.05, 3.63) is 65.2 Å². The third-order valence-electron chi connectivity index (χ3n) is 4.97. The maximum absolute atomic E-state index is 12.2. The first kappa shape index (κ1) is 21.7. The molecule has 1 aliphatic heterocycles. The molecule has 4 atom stereocenters. The van der Waals surface area contributed by atoms with Crippen LogP contribution in [0.3, 0.4) is 0 Å². The number of fused-ring (bicyclic) bond motifs is 1. The summed E-state index contributed by atoms with van der Waals surface area (Å²) in [7, 11) is 0. The zero-order chi connectivity index (χ0) is 22.7. The van der Waals surface area contributed by atoms with Gasteiger partial charge < -0.3 is 29.6 Å². The lowest BCUT2D eigenvalue weighted by Crippen LogP contribution is -2.36. The van der Waals surface area contributed by atoms with Crippen molar-refractivity contribution in [3.8, 4) is 5.75 Å². The molecule has 3 aromatic rings. The number of carbonyl (C=O) groups excluding carboxylic acids is 1. The quantitative estimate of drug-likeness (QED) is 0.366. The van der Waals surface area contributed by atoms with E-state index in [1.807, 2.05) is 30.3 Å². The minimum atomic E-state index is -1.42. The van der Waals surface area contributed by atoms with Crippen molar-refractivity contribution in [1.82, 2.24) is 9.55 Å². The third-order valence-corrected chi connectivity index (χ3v) is 4.97. The highest BCUT2D eigenvalue weighted by Crippen LogP contribution is 2.28. The normalized spacial score (nSPS) is 22.6. The van der Waals surface area contributed by atoms with E-state index in [2.05, 4.69) is 10.5 Å². The second-order valence-corrected chi connectivity index (χ2v) is 7.11. The highest BCUT2D eigenvalue weighted by molar-refractivity contribution is 5.83. The molecule has 2 heterocycles. The van der Waals surface area contributed by atoms with Gasteiger partial charge in [-0.15, -0.1) is 0 Å². The van der Waals surface area contributed by atoms with Gasteiger partial charge in [0.25, 0.3) is 0 Å². The summed E-state index contributed by atoms with van der Waals surface area (Å²) in [6.45, 7) is -0.890. The van der Waals surface area contributed by atoms with Crippen LogP contribution in [0.25, 0.3) is 10.8 Å². The number of nitrogens with one attached hydrogen (secondary N) is 1. The smallest absolute Gasteiger partial charge is 0.369 e. The molecule has 0 bridgehead atoms. The monoisotopic (exact) mass is 443 g/mol. The molecule has 0 spiro atoms. The number of rotatable bonds is 7. The minimum Gasteiger partial charge on any atom is -0.482 e. The largest absolute Gasteiger partial charge is 0.482 e. The Morgan fingerprint density at radius 3 is 2.62 bits per heavy atom. The van der Waals surface area contributed by atoms with Crippen molar-refractivity contribution >= 4 is 22.6 Å². The molecule has 1 fully saturated rings. The molecule has 11 nitrogen and oxygen atoms in total. The Hall–Kier alpha value is -3.51. The number of nitrogens with zero attached hydrogens (tertiary/aromatic N) is 2. The van der Waals surface area contributed by atoms with Gasteiger partial charge in [-0.25, -0.2) is 15.1 Å². The lowest BCUT2D eigenvalue weighted by atomic mass is 10.1. The molecule has 1 aromatic heterocycles. The molecule has 0 amide bonds. The van der Waals surface area contributed by atoms with Crippen molar-refractivity contribution in [3.63, 3.8) is 0 Å². The molecular formula is C21H21N3O8. The number of hydrogen-bond acceptors (Lipinski definition) is 10. The van der Waals surface area contributed by atoms with Crippen LogP contribution in [0, 0.1) is 0 Å². The van der Waals surface area contributed by atoms with E-state index < -0.39 is 42.8 Å². The summed E-state index contributed by atoms with van der Waals surface area (Å²) in [5, 5.41) is 31.0. The topological polar surface area (TPSA) is 152 Å². The van der Waals surface area contributed by atoms with E-state index in [9.17, 15) is 19.8 Å². The summed E-state index contributed by atoms with van der Waals surface area (Å²) in [5.74, 6) is -0.301. The van der Waals surface area contributed by atoms with E-state index in [-0.39, 0.29) is 12.4 Å². The van der Waals surface area contributed by atoms with Crippen LogP contribution in [0.4, 0.5) is 5.82 Å². The van der Waals surface area contributed by atoms with E-state index >= 15 is 0 Å². The van der Waals surface area contributed by atoms with Gasteiger partial charge in [0.1, 0.15) is 24.1 Å². The summed E-state index contributed by atoms with van der Waals surface area (Å²) in [6.07, 6.45) is -3.76. The van der Waals surface area contributed by atoms with Crippen LogP contribution in [0.15, 0.2) is 59.5 Å². The molecule has 4 rings (SSSR count). The van der Waals surface area contributed by atoms with E-state index in [0.717, 1.165) is 15.3 Å². The van der Waals surface area contributed by atoms with Gasteiger partial charge >= 0.3 is 11.7 Å². The predicted molar refractivity (Wildman–Crippen MR) is 111 cm³/mol. The first-order valence-corrected chi connectivity index (χ1v) is 9.75. The average molecular weight is 443 g/mol. The van der Waals surface area contributed by atoms with Crippen molar-refractivity contribution in [2.24, 2.45) is 0 Å². The maximum atomic E-state index is 12.2. The van der Waals surface area contributed by atoms with Crippen LogP contribution < -0.4 is 15.9 Å². The summed E-state index contributed by atoms with van der Waals surface area (Å²) in [4.78, 5) is 32.7. The molecular weight excluding hydrogens is 422 g/mol. The van der Waals surface area contributed by atoms with Crippen molar-refractivity contribution < 1.29 is 34.4 Å². The van der Waals surface area contributed by atoms with Crippen molar-refractivity contribution in [2.45, 2.75) is 24.5 Å². The molecule has 1 aliphatic rings. The van der Waals surface area contributed by atoms with E-state index in [1.165, 1.54) is 12.3 Å². The van der Waals surface area contributed by atoms with Gasteiger partial charge in [-0.05, 0) is 22.9 Å². The zero-order valence-corrected chi connectivity index (χ0v) is 16.7. The summed E-state index contributed by atoms with van der Waals surface area (Å²) in [6, 6.07) is 14.4. The zero-order valence-electron chi connectivity index (χ0n) is 16.7. The molecule has 168 valence electrons. The fraction of sp³-hybridized carbons (Fsp3) is 0.286. The molecule has 11 heteroatoms. The highest BCUT2D eigenvalue weighted by Gasteiger charge is 2.43. The molecule has 0 saturated carbocycles. The number of aromatic nitrogens is 2. The SMILES string of the molecule is O=C(COc1ccc2ccccc2c1)ONc1ccn([C@@H]2O[C@H](CO)[C@@H](O)[C@H]2O)c(=O)n1. The van der Waals surface area contributed by atoms with Gasteiger partial charge in [0, 0.05) is 12.3 Å². The Morgan fingerprint density at radius 1 is 1.12 bits per heavy atom. The van der Waals surface area contributed by atoms with E-state index in [1.54, 1.807) is 12.1 Å². The molecule has 4 N–H and O–H groups in total. The number of anilines is 1. The molecule has 0 aliphatic carbocycles. The number of aliphatic hydroxyl groups excluding tert-OH is 3. The number of hydrogen-bond donors (Lipinski definition) is 4. The molecule has 32 heavy (non-hydrogen) atoms. The first-order chi connectivity index (χ1) is 15.5. The lowest BCUT2D eigenvalue weighted by Gasteiger charge is -2.17. The number of ether oxygens (including phenoxy) is 2. The van der Waals surface area contributed by atoms with Crippen molar-refractivity contribution in [1.29, 1.82) is 0 Å². The third kappa shape index (κ3) is 4.55. The molecule has 2 aromatic carbocycles. The first-order valence-electron chi connectivity index (χ1n) is 9.75. The molecule has 0 radical (unpaired) electrons. The number of aliphatic hydroxyl groups is 3. The number of carbonyl (C=O) groups is 1. The van der Waals surface area contributed by atoms with E-state index in [4.69, 9.17) is 19.4 Å². The number of benzene rings is 2. The Balaban J connectivity index is 1.32. The summed E-state index contributed by atoms with van der Waals surface area (Å²) in [5.41, 5.74) is 1.44. The maximum Gasteiger partial charge on any atom is 0.369 e. The average Bonchev–Trinajstić information content (AvgIpc) is 3.09. The van der Waals surface area contributed by atoms with Gasteiger partial charge in [-0.2, -0.15) is 4.98 Å². The Bertz CT molecular complexity index is 1170. The van der Waals surface area contributed by atoms with Gasteiger partial charge in [-0.3, -0.25) is 4.57 Å². The van der Waals surface area contributed by atoms with Crippen LogP contribution >= 0.6 is 0 Å². The summed E-state index contributed by atoms with van der Waals surface area (Å²) >= 11 is 0. The standard InChI is InChI=1S/C21H21N3O8/c25-10-15-18(27)19(28)20(31-15)24-8-7-16(22-21(24)29)23-32-17(26)11-30-14-6-5-12-3-1-2-4-13(12)9-14/h1-9,15,18-20,25,27-28H,10-11H2,(H,22,23,29)/t15-,18-,19-,20-/m1/s1. The Labute approximate surface area is 181 Å². The van der Waals surface area contributed by atoms with Gasteiger partial charge in [0.05, 0.1) is 6.61 Å². The highest BCUT2D eigenvalue weighted by atomic mass is 16.7.